The van der Waals surface area contributed by atoms with E-state index in [1.54, 1.807) is 0 Å². The summed E-state index contributed by atoms with van der Waals surface area (Å²) in [5.41, 5.74) is 0. The second-order valence-corrected chi connectivity index (χ2v) is 7.29. The molecule has 2 aliphatic heterocycles. The molecule has 2 saturated heterocycles. The molecule has 0 aromatic carbocycles. The number of thioether (sulfide) groups is 1. The van der Waals surface area contributed by atoms with E-state index in [9.17, 15) is 9.59 Å². The number of rotatable bonds is 2. The van der Waals surface area contributed by atoms with E-state index in [1.165, 1.54) is 23.8 Å². The number of carbonyl (C=O) groups excluding carboxylic acids is 1. The molecule has 1 amide bonds. The smallest absolute Gasteiger partial charge is 0.327 e. The van der Waals surface area contributed by atoms with Gasteiger partial charge in [-0.2, -0.15) is 0 Å². The molecule has 7 heteroatoms. The number of methoxy groups -OCH3 is 1. The van der Waals surface area contributed by atoms with Gasteiger partial charge in [0.05, 0.1) is 0 Å². The summed E-state index contributed by atoms with van der Waals surface area (Å²) >= 11 is 4.68. The van der Waals surface area contributed by atoms with Gasteiger partial charge in [-0.25, -0.2) is 4.79 Å². The lowest BCUT2D eigenvalue weighted by Gasteiger charge is -2.48. The van der Waals surface area contributed by atoms with Crippen LogP contribution in [0.2, 0.25) is 0 Å². The number of carboxylic acids is 1. The van der Waals surface area contributed by atoms with Crippen molar-refractivity contribution in [3.8, 4) is 0 Å². The maximum Gasteiger partial charge on any atom is 0.327 e. The highest BCUT2D eigenvalue weighted by molar-refractivity contribution is 9.10. The Morgan fingerprint density at radius 2 is 2.19 bits per heavy atom. The number of hydrogen-bond donors (Lipinski definition) is 1. The number of carboxylic acid groups (broad SMARTS) is 1. The Labute approximate surface area is 106 Å². The second-order valence-electron chi connectivity index (χ2n) is 4.38. The van der Waals surface area contributed by atoms with Crippen LogP contribution in [-0.2, 0) is 14.3 Å². The molecule has 0 aromatic rings. The number of fused-ring (bicyclic) bond motifs is 1. The summed E-state index contributed by atoms with van der Waals surface area (Å²) in [7, 11) is 1.44. The number of alkyl halides is 1. The minimum atomic E-state index is -1.06. The molecule has 5 nitrogen and oxygen atoms in total. The van der Waals surface area contributed by atoms with Gasteiger partial charge < -0.3 is 14.7 Å². The topological polar surface area (TPSA) is 66.8 Å². The molecule has 2 rings (SSSR count). The number of hydrogen-bond acceptors (Lipinski definition) is 4. The Hall–Kier alpha value is -0.270. The fourth-order valence-corrected chi connectivity index (χ4v) is 4.48. The molecule has 0 aliphatic carbocycles. The lowest BCUT2D eigenvalue weighted by Crippen LogP contribution is -2.71. The van der Waals surface area contributed by atoms with E-state index in [-0.39, 0.29) is 11.3 Å². The van der Waals surface area contributed by atoms with Crippen molar-refractivity contribution in [2.24, 2.45) is 0 Å². The number of halogens is 1. The third kappa shape index (κ3) is 1.28. The number of ether oxygens (including phenoxy) is 1. The molecule has 2 aliphatic rings. The zero-order valence-corrected chi connectivity index (χ0v) is 11.5. The lowest BCUT2D eigenvalue weighted by atomic mass is 9.97. The first-order valence-corrected chi connectivity index (χ1v) is 6.40. The predicted molar refractivity (Wildman–Crippen MR) is 62.4 cm³/mol. The highest BCUT2D eigenvalue weighted by Gasteiger charge is 2.71. The molecule has 0 aromatic heterocycles. The molecule has 1 N–H and O–H groups in total. The number of carbonyl (C=O) groups is 2. The third-order valence-electron chi connectivity index (χ3n) is 2.98. The van der Waals surface area contributed by atoms with Crippen LogP contribution in [0.15, 0.2) is 0 Å². The SMILES string of the molecule is COC1(Br)C(=O)N2[C@@H](C(=O)O)C(C)(C)S[C@@H]21. The van der Waals surface area contributed by atoms with E-state index >= 15 is 0 Å². The van der Waals surface area contributed by atoms with E-state index in [4.69, 9.17) is 9.84 Å². The molecular formula is C9H12BrNO4S. The first kappa shape index (κ1) is 12.2. The van der Waals surface area contributed by atoms with E-state index in [0.29, 0.717) is 0 Å². The van der Waals surface area contributed by atoms with Gasteiger partial charge in [0.1, 0.15) is 11.4 Å². The van der Waals surface area contributed by atoms with Crippen molar-refractivity contribution in [3.05, 3.63) is 0 Å². The van der Waals surface area contributed by atoms with Crippen LogP contribution in [0.1, 0.15) is 13.8 Å². The Balaban J connectivity index is 2.35. The minimum Gasteiger partial charge on any atom is -0.480 e. The molecule has 0 spiro atoms. The standard InChI is InChI=1S/C9H12BrNO4S/c1-8(2)4(5(12)13)11-6(14)9(10,15-3)7(11)16-8/h4,7H,1-3H3,(H,12,13)/t4-,7+,9?/m0/s1. The fourth-order valence-electron chi connectivity index (χ4n) is 2.18. The van der Waals surface area contributed by atoms with Gasteiger partial charge in [0.2, 0.25) is 4.51 Å². The van der Waals surface area contributed by atoms with Crippen molar-refractivity contribution in [1.82, 2.24) is 4.90 Å². The molecular weight excluding hydrogens is 298 g/mol. The van der Waals surface area contributed by atoms with E-state index in [2.05, 4.69) is 15.9 Å². The van der Waals surface area contributed by atoms with Gasteiger partial charge in [-0.3, -0.25) is 4.79 Å². The van der Waals surface area contributed by atoms with Crippen LogP contribution in [-0.4, -0.2) is 49.7 Å². The van der Waals surface area contributed by atoms with E-state index < -0.39 is 21.3 Å². The maximum absolute atomic E-state index is 11.9. The Morgan fingerprint density at radius 1 is 1.62 bits per heavy atom. The second kappa shape index (κ2) is 3.36. The van der Waals surface area contributed by atoms with Crippen molar-refractivity contribution in [1.29, 1.82) is 0 Å². The van der Waals surface area contributed by atoms with Crippen LogP contribution in [0.25, 0.3) is 0 Å². The van der Waals surface area contributed by atoms with Gasteiger partial charge in [-0.05, 0) is 29.8 Å². The quantitative estimate of drug-likeness (QED) is 0.605. The van der Waals surface area contributed by atoms with Crippen molar-refractivity contribution in [3.63, 3.8) is 0 Å². The van der Waals surface area contributed by atoms with Crippen LogP contribution < -0.4 is 0 Å². The molecule has 1 unspecified atom stereocenters. The van der Waals surface area contributed by atoms with Crippen molar-refractivity contribution >= 4 is 39.6 Å². The summed E-state index contributed by atoms with van der Waals surface area (Å²) in [4.78, 5) is 24.4. The van der Waals surface area contributed by atoms with Gasteiger partial charge in [0.25, 0.3) is 5.91 Å². The Morgan fingerprint density at radius 3 is 2.62 bits per heavy atom. The maximum atomic E-state index is 11.9. The average molecular weight is 310 g/mol. The Bertz CT molecular complexity index is 375. The molecule has 0 bridgehead atoms. The fraction of sp³-hybridized carbons (Fsp3) is 0.778. The van der Waals surface area contributed by atoms with Crippen LogP contribution in [0.4, 0.5) is 0 Å². The highest BCUT2D eigenvalue weighted by Crippen LogP contribution is 2.57. The molecule has 16 heavy (non-hydrogen) atoms. The lowest BCUT2D eigenvalue weighted by molar-refractivity contribution is -0.176. The van der Waals surface area contributed by atoms with E-state index in [1.807, 2.05) is 13.8 Å². The Kier molecular flexibility index (Phi) is 2.56. The molecule has 0 saturated carbocycles. The highest BCUT2D eigenvalue weighted by atomic mass is 79.9. The van der Waals surface area contributed by atoms with Crippen LogP contribution in [0, 0.1) is 0 Å². The van der Waals surface area contributed by atoms with Crippen LogP contribution >= 0.6 is 27.7 Å². The van der Waals surface area contributed by atoms with E-state index in [0.717, 1.165) is 0 Å². The molecule has 2 fully saturated rings. The minimum absolute atomic E-state index is 0.277. The van der Waals surface area contributed by atoms with Crippen molar-refractivity contribution in [2.75, 3.05) is 7.11 Å². The first-order chi connectivity index (χ1) is 7.25. The van der Waals surface area contributed by atoms with Gasteiger partial charge >= 0.3 is 5.97 Å². The average Bonchev–Trinajstić information content (AvgIpc) is 2.46. The van der Waals surface area contributed by atoms with Crippen molar-refractivity contribution in [2.45, 2.75) is 34.5 Å². The molecule has 0 radical (unpaired) electrons. The summed E-state index contributed by atoms with van der Waals surface area (Å²) in [6.45, 7) is 3.65. The van der Waals surface area contributed by atoms with Gasteiger partial charge in [-0.15, -0.1) is 11.8 Å². The normalized spacial score (nSPS) is 40.5. The number of nitrogens with zero attached hydrogens (tertiary/aromatic N) is 1. The monoisotopic (exact) mass is 309 g/mol. The van der Waals surface area contributed by atoms with Crippen molar-refractivity contribution < 1.29 is 19.4 Å². The summed E-state index contributed by atoms with van der Waals surface area (Å²) in [5.74, 6) is -1.29. The summed E-state index contributed by atoms with van der Waals surface area (Å²) < 4.78 is 3.56. The van der Waals surface area contributed by atoms with Gasteiger partial charge in [0, 0.05) is 11.9 Å². The van der Waals surface area contributed by atoms with Crippen LogP contribution in [0.3, 0.4) is 0 Å². The zero-order valence-electron chi connectivity index (χ0n) is 9.06. The largest absolute Gasteiger partial charge is 0.480 e. The van der Waals surface area contributed by atoms with Crippen LogP contribution in [0.5, 0.6) is 0 Å². The summed E-state index contributed by atoms with van der Waals surface area (Å²) in [5, 5.41) is 8.89. The summed E-state index contributed by atoms with van der Waals surface area (Å²) in [6.07, 6.45) is 0. The predicted octanol–water partition coefficient (Wildman–Crippen LogP) is 0.871. The van der Waals surface area contributed by atoms with Gasteiger partial charge in [0.15, 0.2) is 0 Å². The number of aliphatic carboxylic acids is 1. The molecule has 3 atom stereocenters. The third-order valence-corrected chi connectivity index (χ3v) is 5.99. The first-order valence-electron chi connectivity index (χ1n) is 4.73. The summed E-state index contributed by atoms with van der Waals surface area (Å²) in [6, 6.07) is -0.796. The number of β-lactam (4-membered cyclic amide) rings is 1. The molecule has 2 heterocycles. The van der Waals surface area contributed by atoms with Gasteiger partial charge in [-0.1, -0.05) is 0 Å². The molecule has 90 valence electrons. The number of amides is 1. The zero-order chi connectivity index (χ0) is 12.3.